The molecule has 0 bridgehead atoms. The molecule has 0 heterocycles. The number of hydrogen-bond acceptors (Lipinski definition) is 4. The second-order valence-electron chi connectivity index (χ2n) is 4.59. The van der Waals surface area contributed by atoms with E-state index in [1.165, 1.54) is 13.2 Å². The number of carbonyl (C=O) groups is 3. The van der Waals surface area contributed by atoms with E-state index in [2.05, 4.69) is 10.1 Å². The number of Topliss-reactive ketones (excluding diaryl/α,β-unsaturated/α-hetero) is 1. The molecule has 5 nitrogen and oxygen atoms in total. The molecule has 0 fully saturated rings. The van der Waals surface area contributed by atoms with Crippen LogP contribution in [0.3, 0.4) is 0 Å². The van der Waals surface area contributed by atoms with Crippen molar-refractivity contribution < 1.29 is 19.1 Å². The Kier molecular flexibility index (Phi) is 5.03. The highest BCUT2D eigenvalue weighted by Crippen LogP contribution is 2.12. The Morgan fingerprint density at radius 1 is 0.955 bits per heavy atom. The van der Waals surface area contributed by atoms with Crippen molar-refractivity contribution >= 4 is 23.3 Å². The standard InChI is InChI=1S/C17H15NO4/c1-22-17(21)13-8-5-9-14(10-13)18-16(20)11-15(19)12-6-3-2-4-7-12/h2-10H,11H2,1H3,(H,18,20). The van der Waals surface area contributed by atoms with E-state index in [-0.39, 0.29) is 12.2 Å². The van der Waals surface area contributed by atoms with E-state index in [0.29, 0.717) is 16.8 Å². The number of hydrogen-bond donors (Lipinski definition) is 1. The summed E-state index contributed by atoms with van der Waals surface area (Å²) in [5, 5.41) is 2.59. The first-order valence-corrected chi connectivity index (χ1v) is 6.66. The minimum Gasteiger partial charge on any atom is -0.465 e. The number of nitrogens with one attached hydrogen (secondary N) is 1. The average molecular weight is 297 g/mol. The molecule has 0 atom stereocenters. The summed E-state index contributed by atoms with van der Waals surface area (Å²) in [6.07, 6.45) is -0.257. The van der Waals surface area contributed by atoms with Crippen LogP contribution in [0.5, 0.6) is 0 Å². The van der Waals surface area contributed by atoms with Crippen molar-refractivity contribution in [3.05, 3.63) is 65.7 Å². The predicted molar refractivity (Wildman–Crippen MR) is 81.8 cm³/mol. The lowest BCUT2D eigenvalue weighted by Gasteiger charge is -2.06. The molecule has 0 aliphatic heterocycles. The number of ketones is 1. The van der Waals surface area contributed by atoms with Gasteiger partial charge in [0.25, 0.3) is 0 Å². The Morgan fingerprint density at radius 2 is 1.64 bits per heavy atom. The number of anilines is 1. The Morgan fingerprint density at radius 3 is 2.32 bits per heavy atom. The molecule has 0 aliphatic carbocycles. The van der Waals surface area contributed by atoms with Crippen LogP contribution in [0.15, 0.2) is 54.6 Å². The molecule has 22 heavy (non-hydrogen) atoms. The topological polar surface area (TPSA) is 72.5 Å². The van der Waals surface area contributed by atoms with Gasteiger partial charge in [-0.1, -0.05) is 36.4 Å². The summed E-state index contributed by atoms with van der Waals surface area (Å²) in [6, 6.07) is 14.9. The van der Waals surface area contributed by atoms with Crippen molar-refractivity contribution in [2.24, 2.45) is 0 Å². The summed E-state index contributed by atoms with van der Waals surface area (Å²) in [6.45, 7) is 0. The molecule has 1 N–H and O–H groups in total. The Bertz CT molecular complexity index is 695. The maximum Gasteiger partial charge on any atom is 0.337 e. The third-order valence-electron chi connectivity index (χ3n) is 2.98. The van der Waals surface area contributed by atoms with Crippen LogP contribution in [-0.4, -0.2) is 24.8 Å². The first kappa shape index (κ1) is 15.4. The fourth-order valence-electron chi connectivity index (χ4n) is 1.92. The molecule has 2 rings (SSSR count). The number of esters is 1. The van der Waals surface area contributed by atoms with Gasteiger partial charge in [-0.05, 0) is 18.2 Å². The molecule has 0 aliphatic rings. The molecular formula is C17H15NO4. The van der Waals surface area contributed by atoms with Crippen LogP contribution in [0.2, 0.25) is 0 Å². The average Bonchev–Trinajstić information content (AvgIpc) is 2.55. The third-order valence-corrected chi connectivity index (χ3v) is 2.98. The van der Waals surface area contributed by atoms with Crippen LogP contribution >= 0.6 is 0 Å². The largest absolute Gasteiger partial charge is 0.465 e. The quantitative estimate of drug-likeness (QED) is 0.523. The van der Waals surface area contributed by atoms with E-state index in [0.717, 1.165) is 0 Å². The fourth-order valence-corrected chi connectivity index (χ4v) is 1.92. The number of methoxy groups -OCH3 is 1. The van der Waals surface area contributed by atoms with Crippen molar-refractivity contribution in [3.8, 4) is 0 Å². The van der Waals surface area contributed by atoms with Gasteiger partial charge in [-0.25, -0.2) is 4.79 Å². The highest BCUT2D eigenvalue weighted by Gasteiger charge is 2.12. The van der Waals surface area contributed by atoms with Crippen LogP contribution in [0, 0.1) is 0 Å². The fraction of sp³-hybridized carbons (Fsp3) is 0.118. The van der Waals surface area contributed by atoms with Crippen molar-refractivity contribution in [3.63, 3.8) is 0 Å². The molecule has 0 saturated carbocycles. The van der Waals surface area contributed by atoms with Crippen molar-refractivity contribution in [1.29, 1.82) is 0 Å². The lowest BCUT2D eigenvalue weighted by molar-refractivity contribution is -0.115. The van der Waals surface area contributed by atoms with E-state index in [1.54, 1.807) is 48.5 Å². The zero-order valence-electron chi connectivity index (χ0n) is 12.0. The lowest BCUT2D eigenvalue weighted by atomic mass is 10.1. The van der Waals surface area contributed by atoms with E-state index in [9.17, 15) is 14.4 Å². The molecule has 112 valence electrons. The summed E-state index contributed by atoms with van der Waals surface area (Å²) in [7, 11) is 1.28. The van der Waals surface area contributed by atoms with Crippen molar-refractivity contribution in [2.75, 3.05) is 12.4 Å². The highest BCUT2D eigenvalue weighted by atomic mass is 16.5. The molecular weight excluding hydrogens is 282 g/mol. The van der Waals surface area contributed by atoms with Gasteiger partial charge in [0.2, 0.25) is 5.91 Å². The smallest absolute Gasteiger partial charge is 0.337 e. The summed E-state index contributed by atoms with van der Waals surface area (Å²) >= 11 is 0. The van der Waals surface area contributed by atoms with Crippen molar-refractivity contribution in [1.82, 2.24) is 0 Å². The number of rotatable bonds is 5. The second kappa shape index (κ2) is 7.17. The van der Waals surface area contributed by atoms with E-state index < -0.39 is 11.9 Å². The Hall–Kier alpha value is -2.95. The molecule has 1 amide bonds. The molecule has 0 aromatic heterocycles. The SMILES string of the molecule is COC(=O)c1cccc(NC(=O)CC(=O)c2ccccc2)c1. The molecule has 0 radical (unpaired) electrons. The maximum absolute atomic E-state index is 11.9. The number of amides is 1. The number of benzene rings is 2. The normalized spacial score (nSPS) is 9.86. The van der Waals surface area contributed by atoms with Crippen molar-refractivity contribution in [2.45, 2.75) is 6.42 Å². The zero-order chi connectivity index (χ0) is 15.9. The molecule has 0 saturated heterocycles. The lowest BCUT2D eigenvalue weighted by Crippen LogP contribution is -2.16. The van der Waals surface area contributed by atoms with Gasteiger partial charge < -0.3 is 10.1 Å². The first-order chi connectivity index (χ1) is 10.6. The van der Waals surface area contributed by atoms with Gasteiger partial charge in [0, 0.05) is 11.3 Å². The van der Waals surface area contributed by atoms with E-state index in [1.807, 2.05) is 0 Å². The summed E-state index contributed by atoms with van der Waals surface area (Å²) < 4.78 is 4.61. The summed E-state index contributed by atoms with van der Waals surface area (Å²) in [5.41, 5.74) is 1.25. The van der Waals surface area contributed by atoms with Gasteiger partial charge in [-0.3, -0.25) is 9.59 Å². The molecule has 0 spiro atoms. The monoisotopic (exact) mass is 297 g/mol. The van der Waals surface area contributed by atoms with Crippen LogP contribution in [0.1, 0.15) is 27.1 Å². The second-order valence-corrected chi connectivity index (χ2v) is 4.59. The van der Waals surface area contributed by atoms with Gasteiger partial charge in [0.15, 0.2) is 5.78 Å². The zero-order valence-corrected chi connectivity index (χ0v) is 12.0. The van der Waals surface area contributed by atoms with E-state index >= 15 is 0 Å². The Balaban J connectivity index is 2.00. The van der Waals surface area contributed by atoms with Gasteiger partial charge in [0.1, 0.15) is 0 Å². The molecule has 2 aromatic carbocycles. The van der Waals surface area contributed by atoms with Gasteiger partial charge in [0.05, 0.1) is 19.1 Å². The Labute approximate surface area is 127 Å². The van der Waals surface area contributed by atoms with Gasteiger partial charge in [-0.2, -0.15) is 0 Å². The van der Waals surface area contributed by atoms with Gasteiger partial charge >= 0.3 is 5.97 Å². The number of ether oxygens (including phenoxy) is 1. The maximum atomic E-state index is 11.9. The molecule has 0 unspecified atom stereocenters. The first-order valence-electron chi connectivity index (χ1n) is 6.66. The van der Waals surface area contributed by atoms with Crippen LogP contribution < -0.4 is 5.32 Å². The summed E-state index contributed by atoms with van der Waals surface area (Å²) in [5.74, 6) is -1.19. The highest BCUT2D eigenvalue weighted by molar-refractivity contribution is 6.11. The predicted octanol–water partition coefficient (Wildman–Crippen LogP) is 2.68. The van der Waals surface area contributed by atoms with Crippen LogP contribution in [0.25, 0.3) is 0 Å². The molecule has 2 aromatic rings. The minimum atomic E-state index is -0.489. The van der Waals surface area contributed by atoms with Crippen LogP contribution in [0.4, 0.5) is 5.69 Å². The number of carbonyl (C=O) groups excluding carboxylic acids is 3. The minimum absolute atomic E-state index is 0.257. The summed E-state index contributed by atoms with van der Waals surface area (Å²) in [4.78, 5) is 35.3. The van der Waals surface area contributed by atoms with Gasteiger partial charge in [-0.15, -0.1) is 0 Å². The third kappa shape index (κ3) is 4.02. The van der Waals surface area contributed by atoms with E-state index in [4.69, 9.17) is 0 Å². The molecule has 5 heteroatoms. The van der Waals surface area contributed by atoms with Crippen LogP contribution in [-0.2, 0) is 9.53 Å².